The summed E-state index contributed by atoms with van der Waals surface area (Å²) in [6.07, 6.45) is 1.57. The van der Waals surface area contributed by atoms with Crippen LogP contribution in [0.15, 0.2) is 52.3 Å². The van der Waals surface area contributed by atoms with Crippen molar-refractivity contribution >= 4 is 35.3 Å². The third-order valence-corrected chi connectivity index (χ3v) is 7.36. The standard InChI is InChI=1S/C25H25F3N2O2S/c1-15-5-3-4-6-19(15)29-23(31)17-9-12-21-20(14-17)30(2)24(32)22(33-21)13-16-7-10-18(11-8-16)25(26,27)28/h7-15,19H,3-6H2,1-2H3,(H,29,31)/b22-13-. The fourth-order valence-corrected chi connectivity index (χ4v) is 5.33. The molecule has 1 N–H and O–H groups in total. The molecule has 1 heterocycles. The van der Waals surface area contributed by atoms with Gasteiger partial charge in [-0.2, -0.15) is 13.2 Å². The van der Waals surface area contributed by atoms with Gasteiger partial charge >= 0.3 is 6.18 Å². The highest BCUT2D eigenvalue weighted by atomic mass is 32.2. The number of halogens is 3. The van der Waals surface area contributed by atoms with Crippen molar-refractivity contribution in [3.05, 3.63) is 64.1 Å². The number of hydrogen-bond donors (Lipinski definition) is 1. The normalized spacial score (nSPS) is 22.3. The van der Waals surface area contributed by atoms with Crippen molar-refractivity contribution < 1.29 is 22.8 Å². The van der Waals surface area contributed by atoms with Crippen molar-refractivity contribution in [1.29, 1.82) is 0 Å². The van der Waals surface area contributed by atoms with E-state index >= 15 is 0 Å². The van der Waals surface area contributed by atoms with Crippen LogP contribution in [0, 0.1) is 5.92 Å². The molecule has 8 heteroatoms. The predicted molar refractivity (Wildman–Crippen MR) is 124 cm³/mol. The van der Waals surface area contributed by atoms with Crippen molar-refractivity contribution in [3.8, 4) is 0 Å². The van der Waals surface area contributed by atoms with Crippen LogP contribution in [0.3, 0.4) is 0 Å². The molecule has 0 bridgehead atoms. The molecule has 1 saturated carbocycles. The Morgan fingerprint density at radius 2 is 1.82 bits per heavy atom. The summed E-state index contributed by atoms with van der Waals surface area (Å²) >= 11 is 1.25. The molecule has 2 amide bonds. The second-order valence-electron chi connectivity index (χ2n) is 8.62. The molecule has 1 aliphatic carbocycles. The lowest BCUT2D eigenvalue weighted by atomic mass is 9.86. The number of amides is 2. The van der Waals surface area contributed by atoms with Crippen molar-refractivity contribution in [3.63, 3.8) is 0 Å². The van der Waals surface area contributed by atoms with E-state index in [1.807, 2.05) is 6.07 Å². The lowest BCUT2D eigenvalue weighted by Crippen LogP contribution is -2.41. The van der Waals surface area contributed by atoms with Crippen LogP contribution in [0.1, 0.15) is 54.1 Å². The highest BCUT2D eigenvalue weighted by molar-refractivity contribution is 8.04. The van der Waals surface area contributed by atoms with Crippen LogP contribution in [-0.2, 0) is 11.0 Å². The molecule has 1 aliphatic heterocycles. The maximum atomic E-state index is 12.9. The van der Waals surface area contributed by atoms with Gasteiger partial charge in [0.05, 0.1) is 16.2 Å². The summed E-state index contributed by atoms with van der Waals surface area (Å²) in [6.45, 7) is 2.16. The number of carbonyl (C=O) groups excluding carboxylic acids is 2. The first-order chi connectivity index (χ1) is 15.6. The Balaban J connectivity index is 1.53. The first-order valence-corrected chi connectivity index (χ1v) is 11.7. The third kappa shape index (κ3) is 5.11. The van der Waals surface area contributed by atoms with Crippen LogP contribution in [0.4, 0.5) is 18.9 Å². The molecule has 0 saturated heterocycles. The van der Waals surface area contributed by atoms with E-state index in [-0.39, 0.29) is 17.9 Å². The van der Waals surface area contributed by atoms with Crippen LogP contribution in [0.25, 0.3) is 6.08 Å². The van der Waals surface area contributed by atoms with E-state index in [1.165, 1.54) is 35.2 Å². The molecular weight excluding hydrogens is 449 g/mol. The van der Waals surface area contributed by atoms with Gasteiger partial charge < -0.3 is 10.2 Å². The number of benzene rings is 2. The molecule has 2 aliphatic rings. The number of fused-ring (bicyclic) bond motifs is 1. The zero-order chi connectivity index (χ0) is 23.8. The number of nitrogens with one attached hydrogen (secondary N) is 1. The van der Waals surface area contributed by atoms with Gasteiger partial charge in [-0.15, -0.1) is 0 Å². The maximum Gasteiger partial charge on any atom is 0.416 e. The second-order valence-corrected chi connectivity index (χ2v) is 9.70. The van der Waals surface area contributed by atoms with Crippen LogP contribution < -0.4 is 10.2 Å². The average molecular weight is 475 g/mol. The lowest BCUT2D eigenvalue weighted by molar-refractivity contribution is -0.137. The monoisotopic (exact) mass is 474 g/mol. The summed E-state index contributed by atoms with van der Waals surface area (Å²) in [6, 6.07) is 10.1. The Morgan fingerprint density at radius 3 is 2.48 bits per heavy atom. The number of alkyl halides is 3. The molecule has 0 spiro atoms. The number of carbonyl (C=O) groups is 2. The average Bonchev–Trinajstić information content (AvgIpc) is 2.78. The Labute approximate surface area is 195 Å². The van der Waals surface area contributed by atoms with Crippen molar-refractivity contribution in [2.24, 2.45) is 5.92 Å². The highest BCUT2D eigenvalue weighted by Gasteiger charge is 2.31. The van der Waals surface area contributed by atoms with E-state index in [0.717, 1.165) is 36.3 Å². The molecule has 2 aromatic carbocycles. The van der Waals surface area contributed by atoms with E-state index in [4.69, 9.17) is 0 Å². The van der Waals surface area contributed by atoms with Gasteiger partial charge in [-0.05, 0) is 60.7 Å². The van der Waals surface area contributed by atoms with Crippen LogP contribution >= 0.6 is 11.8 Å². The molecule has 2 atom stereocenters. The minimum absolute atomic E-state index is 0.145. The first-order valence-electron chi connectivity index (χ1n) is 10.9. The summed E-state index contributed by atoms with van der Waals surface area (Å²) in [4.78, 5) is 28.4. The second kappa shape index (κ2) is 9.25. The van der Waals surface area contributed by atoms with Gasteiger partial charge in [0.25, 0.3) is 11.8 Å². The molecule has 4 rings (SSSR count). The van der Waals surface area contributed by atoms with Gasteiger partial charge in [0, 0.05) is 23.5 Å². The third-order valence-electron chi connectivity index (χ3n) is 6.28. The largest absolute Gasteiger partial charge is 0.416 e. The molecule has 174 valence electrons. The highest BCUT2D eigenvalue weighted by Crippen LogP contribution is 2.42. The number of anilines is 1. The fraction of sp³-hybridized carbons (Fsp3) is 0.360. The summed E-state index contributed by atoms with van der Waals surface area (Å²) in [5.74, 6) is 0.0254. The smallest absolute Gasteiger partial charge is 0.349 e. The molecule has 4 nitrogen and oxygen atoms in total. The number of thioether (sulfide) groups is 1. The van der Waals surface area contributed by atoms with Crippen LogP contribution in [0.2, 0.25) is 0 Å². The summed E-state index contributed by atoms with van der Waals surface area (Å²) in [5, 5.41) is 3.13. The zero-order valence-electron chi connectivity index (χ0n) is 18.4. The van der Waals surface area contributed by atoms with Crippen LogP contribution in [0.5, 0.6) is 0 Å². The lowest BCUT2D eigenvalue weighted by Gasteiger charge is -2.30. The van der Waals surface area contributed by atoms with E-state index in [9.17, 15) is 22.8 Å². The van der Waals surface area contributed by atoms with E-state index in [0.29, 0.717) is 27.6 Å². The van der Waals surface area contributed by atoms with Gasteiger partial charge in [0.2, 0.25) is 0 Å². The Bertz CT molecular complexity index is 1100. The molecule has 1 fully saturated rings. The Morgan fingerprint density at radius 1 is 1.12 bits per heavy atom. The minimum atomic E-state index is -4.40. The minimum Gasteiger partial charge on any atom is -0.349 e. The number of nitrogens with zero attached hydrogens (tertiary/aromatic N) is 1. The molecule has 2 unspecified atom stereocenters. The van der Waals surface area contributed by atoms with E-state index in [1.54, 1.807) is 25.3 Å². The molecular formula is C25H25F3N2O2S. The molecule has 0 aromatic heterocycles. The SMILES string of the molecule is CC1CCCCC1NC(=O)c1ccc2c(c1)N(C)C(=O)/C(=C/c1ccc(C(F)(F)F)cc1)S2. The van der Waals surface area contributed by atoms with Gasteiger partial charge in [-0.3, -0.25) is 9.59 Å². The molecule has 2 aromatic rings. The maximum absolute atomic E-state index is 12.9. The van der Waals surface area contributed by atoms with Crippen molar-refractivity contribution in [2.75, 3.05) is 11.9 Å². The quantitative estimate of drug-likeness (QED) is 0.545. The van der Waals surface area contributed by atoms with Gasteiger partial charge in [0.15, 0.2) is 0 Å². The van der Waals surface area contributed by atoms with Gasteiger partial charge in [0.1, 0.15) is 0 Å². The Hall–Kier alpha value is -2.74. The summed E-state index contributed by atoms with van der Waals surface area (Å²) < 4.78 is 38.4. The van der Waals surface area contributed by atoms with E-state index in [2.05, 4.69) is 12.2 Å². The van der Waals surface area contributed by atoms with E-state index < -0.39 is 11.7 Å². The topological polar surface area (TPSA) is 49.4 Å². The molecule has 33 heavy (non-hydrogen) atoms. The number of likely N-dealkylation sites (N-methyl/N-ethyl adjacent to an activating group) is 1. The predicted octanol–water partition coefficient (Wildman–Crippen LogP) is 6.12. The number of hydrogen-bond acceptors (Lipinski definition) is 3. The van der Waals surface area contributed by atoms with Crippen LogP contribution in [-0.4, -0.2) is 24.9 Å². The van der Waals surface area contributed by atoms with Crippen molar-refractivity contribution in [2.45, 2.75) is 49.7 Å². The summed E-state index contributed by atoms with van der Waals surface area (Å²) in [5.41, 5.74) is 0.914. The molecule has 0 radical (unpaired) electrons. The zero-order valence-corrected chi connectivity index (χ0v) is 19.2. The van der Waals surface area contributed by atoms with Gasteiger partial charge in [-0.1, -0.05) is 43.7 Å². The summed E-state index contributed by atoms with van der Waals surface area (Å²) in [7, 11) is 1.63. The first kappa shape index (κ1) is 23.4. The van der Waals surface area contributed by atoms with Crippen molar-refractivity contribution in [1.82, 2.24) is 5.32 Å². The number of rotatable bonds is 3. The fourth-order valence-electron chi connectivity index (χ4n) is 4.24. The van der Waals surface area contributed by atoms with Gasteiger partial charge in [-0.25, -0.2) is 0 Å². The Kier molecular flexibility index (Phi) is 6.56.